The molecule has 4 heteroatoms. The molecule has 4 nitrogen and oxygen atoms in total. The number of hydrogen-bond donors (Lipinski definition) is 2. The third-order valence-electron chi connectivity index (χ3n) is 2.05. The molecule has 90 valence electrons. The van der Waals surface area contributed by atoms with Crippen molar-refractivity contribution < 1.29 is 4.79 Å². The fourth-order valence-corrected chi connectivity index (χ4v) is 1.64. The summed E-state index contributed by atoms with van der Waals surface area (Å²) in [5.74, 6) is 0.321. The third-order valence-corrected chi connectivity index (χ3v) is 2.05. The molecule has 0 spiro atoms. The van der Waals surface area contributed by atoms with Crippen LogP contribution < -0.4 is 11.1 Å². The summed E-state index contributed by atoms with van der Waals surface area (Å²) >= 11 is 0. The van der Waals surface area contributed by atoms with Crippen LogP contribution >= 0.6 is 0 Å². The van der Waals surface area contributed by atoms with E-state index < -0.39 is 0 Å². The fourth-order valence-electron chi connectivity index (χ4n) is 1.64. The van der Waals surface area contributed by atoms with Gasteiger partial charge in [0.15, 0.2) is 0 Å². The molecule has 0 radical (unpaired) electrons. The number of carbonyl (C=O) groups excluding carboxylic acids is 1. The molecule has 1 amide bonds. The Morgan fingerprint density at radius 1 is 1.27 bits per heavy atom. The van der Waals surface area contributed by atoms with Crippen LogP contribution in [-0.2, 0) is 4.79 Å². The Bertz CT molecular complexity index is 192. The summed E-state index contributed by atoms with van der Waals surface area (Å²) in [5, 5.41) is 3.17. The molecule has 0 bridgehead atoms. The molecule has 0 aliphatic carbocycles. The highest BCUT2D eigenvalue weighted by Crippen LogP contribution is 1.98. The second-order valence-corrected chi connectivity index (χ2v) is 4.89. The molecule has 0 aromatic rings. The lowest BCUT2D eigenvalue weighted by atomic mass is 10.2. The average molecular weight is 215 g/mol. The topological polar surface area (TPSA) is 58.4 Å². The third kappa shape index (κ3) is 7.33. The Hall–Kier alpha value is -0.610. The molecule has 0 heterocycles. The van der Waals surface area contributed by atoms with Crippen LogP contribution in [0.5, 0.6) is 0 Å². The normalized spacial score (nSPS) is 13.9. The number of nitrogens with one attached hydrogen (secondary N) is 1. The Kier molecular flexibility index (Phi) is 6.52. The second kappa shape index (κ2) is 6.80. The standard InChI is InChI=1S/C11H25N3O/c1-8(2)6-14(5)7-10(11(12)15)13-9(3)4/h8-10,13H,6-7H2,1-5H3,(H2,12,15). The summed E-state index contributed by atoms with van der Waals surface area (Å²) in [4.78, 5) is 13.3. The number of likely N-dealkylation sites (N-methyl/N-ethyl adjacent to an activating group) is 1. The SMILES string of the molecule is CC(C)CN(C)CC(NC(C)C)C(N)=O. The van der Waals surface area contributed by atoms with E-state index in [2.05, 4.69) is 24.1 Å². The highest BCUT2D eigenvalue weighted by atomic mass is 16.1. The van der Waals surface area contributed by atoms with Crippen LogP contribution in [0.1, 0.15) is 27.7 Å². The van der Waals surface area contributed by atoms with Crippen molar-refractivity contribution in [2.24, 2.45) is 11.7 Å². The average Bonchev–Trinajstić information content (AvgIpc) is 1.99. The van der Waals surface area contributed by atoms with Gasteiger partial charge in [0, 0.05) is 19.1 Å². The van der Waals surface area contributed by atoms with E-state index >= 15 is 0 Å². The first kappa shape index (κ1) is 14.4. The summed E-state index contributed by atoms with van der Waals surface area (Å²) in [6, 6.07) is 0.0173. The zero-order valence-electron chi connectivity index (χ0n) is 10.6. The van der Waals surface area contributed by atoms with Crippen LogP contribution in [0.2, 0.25) is 0 Å². The van der Waals surface area contributed by atoms with Crippen molar-refractivity contribution in [2.45, 2.75) is 39.8 Å². The highest BCUT2D eigenvalue weighted by molar-refractivity contribution is 5.80. The Balaban J connectivity index is 4.10. The quantitative estimate of drug-likeness (QED) is 0.647. The van der Waals surface area contributed by atoms with E-state index in [-0.39, 0.29) is 18.0 Å². The summed E-state index contributed by atoms with van der Waals surface area (Å²) in [6.07, 6.45) is 0. The Labute approximate surface area is 93.2 Å². The lowest BCUT2D eigenvalue weighted by Gasteiger charge is -2.25. The summed E-state index contributed by atoms with van der Waals surface area (Å²) in [5.41, 5.74) is 5.34. The minimum atomic E-state index is -0.278. The van der Waals surface area contributed by atoms with E-state index in [1.165, 1.54) is 0 Å². The van der Waals surface area contributed by atoms with Gasteiger partial charge in [-0.3, -0.25) is 4.79 Å². The van der Waals surface area contributed by atoms with Crippen molar-refractivity contribution in [3.63, 3.8) is 0 Å². The number of amides is 1. The summed E-state index contributed by atoms with van der Waals surface area (Å²) in [7, 11) is 2.01. The van der Waals surface area contributed by atoms with Gasteiger partial charge < -0.3 is 16.0 Å². The van der Waals surface area contributed by atoms with Crippen molar-refractivity contribution in [2.75, 3.05) is 20.1 Å². The maximum atomic E-state index is 11.2. The minimum absolute atomic E-state index is 0.256. The molecule has 0 aromatic heterocycles. The highest BCUT2D eigenvalue weighted by Gasteiger charge is 2.18. The van der Waals surface area contributed by atoms with Crippen molar-refractivity contribution in [1.29, 1.82) is 0 Å². The molecule has 15 heavy (non-hydrogen) atoms. The van der Waals surface area contributed by atoms with Crippen LogP contribution in [0.4, 0.5) is 0 Å². The van der Waals surface area contributed by atoms with Gasteiger partial charge in [0.25, 0.3) is 0 Å². The van der Waals surface area contributed by atoms with Crippen LogP contribution in [0.3, 0.4) is 0 Å². The Morgan fingerprint density at radius 3 is 2.13 bits per heavy atom. The van der Waals surface area contributed by atoms with Gasteiger partial charge in [-0.05, 0) is 13.0 Å². The second-order valence-electron chi connectivity index (χ2n) is 4.89. The van der Waals surface area contributed by atoms with Crippen molar-refractivity contribution in [3.05, 3.63) is 0 Å². The molecule has 0 aromatic carbocycles. The van der Waals surface area contributed by atoms with Crippen molar-refractivity contribution in [3.8, 4) is 0 Å². The van der Waals surface area contributed by atoms with Gasteiger partial charge in [-0.2, -0.15) is 0 Å². The monoisotopic (exact) mass is 215 g/mol. The number of nitrogens with zero attached hydrogens (tertiary/aromatic N) is 1. The molecule has 0 saturated heterocycles. The molecule has 3 N–H and O–H groups in total. The van der Waals surface area contributed by atoms with E-state index in [1.54, 1.807) is 0 Å². The van der Waals surface area contributed by atoms with Gasteiger partial charge in [0.1, 0.15) is 0 Å². The first-order valence-electron chi connectivity index (χ1n) is 5.56. The van der Waals surface area contributed by atoms with Crippen LogP contribution in [0.25, 0.3) is 0 Å². The first-order valence-corrected chi connectivity index (χ1v) is 5.56. The number of carbonyl (C=O) groups is 1. The lowest BCUT2D eigenvalue weighted by molar-refractivity contribution is -0.120. The van der Waals surface area contributed by atoms with Gasteiger partial charge in [0.05, 0.1) is 6.04 Å². The minimum Gasteiger partial charge on any atom is -0.368 e. The number of primary amides is 1. The van der Waals surface area contributed by atoms with Crippen LogP contribution in [-0.4, -0.2) is 43.0 Å². The fraction of sp³-hybridized carbons (Fsp3) is 0.909. The maximum Gasteiger partial charge on any atom is 0.235 e. The zero-order valence-corrected chi connectivity index (χ0v) is 10.6. The van der Waals surface area contributed by atoms with E-state index in [0.29, 0.717) is 12.5 Å². The van der Waals surface area contributed by atoms with Gasteiger partial charge in [-0.15, -0.1) is 0 Å². The summed E-state index contributed by atoms with van der Waals surface area (Å²) in [6.45, 7) is 9.99. The molecule has 0 aliphatic heterocycles. The van der Waals surface area contributed by atoms with Gasteiger partial charge in [-0.25, -0.2) is 0 Å². The van der Waals surface area contributed by atoms with E-state index in [0.717, 1.165) is 6.54 Å². The number of nitrogens with two attached hydrogens (primary N) is 1. The predicted molar refractivity (Wildman–Crippen MR) is 63.6 cm³/mol. The van der Waals surface area contributed by atoms with Crippen molar-refractivity contribution >= 4 is 5.91 Å². The predicted octanol–water partition coefficient (Wildman–Crippen LogP) is 0.426. The van der Waals surface area contributed by atoms with Gasteiger partial charge >= 0.3 is 0 Å². The molecule has 0 saturated carbocycles. The van der Waals surface area contributed by atoms with Crippen LogP contribution in [0.15, 0.2) is 0 Å². The Morgan fingerprint density at radius 2 is 1.80 bits per heavy atom. The molecule has 0 aliphatic rings. The zero-order chi connectivity index (χ0) is 12.0. The molecule has 0 rings (SSSR count). The lowest BCUT2D eigenvalue weighted by Crippen LogP contribution is -2.51. The first-order chi connectivity index (χ1) is 6.82. The molecular weight excluding hydrogens is 190 g/mol. The van der Waals surface area contributed by atoms with E-state index in [4.69, 9.17) is 5.73 Å². The van der Waals surface area contributed by atoms with Gasteiger partial charge in [-0.1, -0.05) is 27.7 Å². The summed E-state index contributed by atoms with van der Waals surface area (Å²) < 4.78 is 0. The smallest absolute Gasteiger partial charge is 0.235 e. The molecule has 1 atom stereocenters. The van der Waals surface area contributed by atoms with Crippen LogP contribution in [0, 0.1) is 5.92 Å². The largest absolute Gasteiger partial charge is 0.368 e. The van der Waals surface area contributed by atoms with Crippen molar-refractivity contribution in [1.82, 2.24) is 10.2 Å². The van der Waals surface area contributed by atoms with E-state index in [1.807, 2.05) is 20.9 Å². The van der Waals surface area contributed by atoms with E-state index in [9.17, 15) is 4.79 Å². The molecular formula is C11H25N3O. The van der Waals surface area contributed by atoms with Gasteiger partial charge in [0.2, 0.25) is 5.91 Å². The number of rotatable bonds is 7. The maximum absolute atomic E-state index is 11.2. The molecule has 1 unspecified atom stereocenters. The molecule has 0 fully saturated rings. The number of hydrogen-bond acceptors (Lipinski definition) is 3.